The fourth-order valence-electron chi connectivity index (χ4n) is 1.94. The number of nitrogens with zero attached hydrogens (tertiary/aromatic N) is 1. The lowest BCUT2D eigenvalue weighted by Gasteiger charge is -2.35. The first-order valence-corrected chi connectivity index (χ1v) is 5.44. The van der Waals surface area contributed by atoms with Crippen molar-refractivity contribution in [2.24, 2.45) is 17.0 Å². The third-order valence-electron chi connectivity index (χ3n) is 3.00. The number of hydrogen-bond donors (Lipinski definition) is 3. The Balaban J connectivity index is 2.43. The molecule has 0 saturated carbocycles. The van der Waals surface area contributed by atoms with E-state index in [0.29, 0.717) is 6.04 Å². The third-order valence-corrected chi connectivity index (χ3v) is 3.00. The number of hydrogen-bond acceptors (Lipinski definition) is 4. The van der Waals surface area contributed by atoms with Crippen molar-refractivity contribution in [2.75, 3.05) is 19.6 Å². The van der Waals surface area contributed by atoms with Crippen LogP contribution in [0, 0.1) is 5.41 Å². The van der Waals surface area contributed by atoms with Crippen LogP contribution in [0.3, 0.4) is 0 Å². The number of likely N-dealkylation sites (tertiary alicyclic amines) is 1. The number of hydrazine groups is 1. The Kier molecular flexibility index (Phi) is 4.07. The highest BCUT2D eigenvalue weighted by Gasteiger charge is 2.30. The zero-order valence-electron chi connectivity index (χ0n) is 9.62. The molecule has 0 aromatic carbocycles. The van der Waals surface area contributed by atoms with Gasteiger partial charge in [-0.15, -0.1) is 0 Å². The van der Waals surface area contributed by atoms with Gasteiger partial charge in [-0.1, -0.05) is 0 Å². The van der Waals surface area contributed by atoms with E-state index in [4.69, 9.17) is 11.6 Å². The number of piperidine rings is 1. The molecule has 15 heavy (non-hydrogen) atoms. The van der Waals surface area contributed by atoms with E-state index in [-0.39, 0.29) is 5.91 Å². The molecule has 0 aromatic heterocycles. The van der Waals surface area contributed by atoms with Crippen molar-refractivity contribution in [3.63, 3.8) is 0 Å². The second kappa shape index (κ2) is 4.92. The van der Waals surface area contributed by atoms with Gasteiger partial charge in [0.1, 0.15) is 0 Å². The van der Waals surface area contributed by atoms with Crippen LogP contribution in [0.4, 0.5) is 0 Å². The molecule has 1 fully saturated rings. The predicted octanol–water partition coefficient (Wildman–Crippen LogP) is -0.574. The van der Waals surface area contributed by atoms with Crippen molar-refractivity contribution in [1.29, 1.82) is 0 Å². The average molecular weight is 214 g/mol. The van der Waals surface area contributed by atoms with Gasteiger partial charge in [-0.05, 0) is 39.8 Å². The van der Waals surface area contributed by atoms with Crippen LogP contribution in [0.1, 0.15) is 26.7 Å². The van der Waals surface area contributed by atoms with Crippen molar-refractivity contribution in [3.05, 3.63) is 0 Å². The summed E-state index contributed by atoms with van der Waals surface area (Å²) in [6.45, 7) is 6.50. The Morgan fingerprint density at radius 1 is 1.47 bits per heavy atom. The topological polar surface area (TPSA) is 84.4 Å². The molecule has 1 amide bonds. The molecular weight excluding hydrogens is 192 g/mol. The van der Waals surface area contributed by atoms with E-state index in [9.17, 15) is 4.79 Å². The van der Waals surface area contributed by atoms with E-state index in [0.717, 1.165) is 32.5 Å². The monoisotopic (exact) mass is 214 g/mol. The highest BCUT2D eigenvalue weighted by molar-refractivity contribution is 5.81. The molecule has 0 bridgehead atoms. The van der Waals surface area contributed by atoms with Crippen LogP contribution in [0.25, 0.3) is 0 Å². The lowest BCUT2D eigenvalue weighted by Crippen LogP contribution is -2.50. The van der Waals surface area contributed by atoms with Gasteiger partial charge in [-0.25, -0.2) is 5.84 Å². The van der Waals surface area contributed by atoms with Crippen molar-refractivity contribution in [1.82, 2.24) is 10.3 Å². The minimum Gasteiger partial charge on any atom is -0.328 e. The summed E-state index contributed by atoms with van der Waals surface area (Å²) in [6.07, 6.45) is 2.03. The molecule has 5 heteroatoms. The summed E-state index contributed by atoms with van der Waals surface area (Å²) in [5.74, 6) is 5.03. The fraction of sp³-hybridized carbons (Fsp3) is 0.900. The summed E-state index contributed by atoms with van der Waals surface area (Å²) < 4.78 is 0. The van der Waals surface area contributed by atoms with E-state index >= 15 is 0 Å². The molecule has 88 valence electrons. The SMILES string of the molecule is CC(C)(CN1CCC(N)CC1)C(=O)NN. The Labute approximate surface area is 91.1 Å². The summed E-state index contributed by atoms with van der Waals surface area (Å²) in [4.78, 5) is 13.8. The molecule has 0 aromatic rings. The first kappa shape index (κ1) is 12.4. The Morgan fingerprint density at radius 2 is 2.00 bits per heavy atom. The highest BCUT2D eigenvalue weighted by atomic mass is 16.2. The second-order valence-corrected chi connectivity index (χ2v) is 4.97. The lowest BCUT2D eigenvalue weighted by molar-refractivity contribution is -0.130. The molecule has 1 aliphatic rings. The van der Waals surface area contributed by atoms with E-state index in [1.54, 1.807) is 0 Å². The molecule has 0 atom stereocenters. The summed E-state index contributed by atoms with van der Waals surface area (Å²) in [6, 6.07) is 0.327. The quantitative estimate of drug-likeness (QED) is 0.333. The molecule has 1 aliphatic heterocycles. The van der Waals surface area contributed by atoms with Gasteiger partial charge in [0.15, 0.2) is 0 Å². The molecule has 1 heterocycles. The standard InChI is InChI=1S/C10H22N4O/c1-10(2,9(15)13-12)7-14-5-3-8(11)4-6-14/h8H,3-7,11-12H2,1-2H3,(H,13,15). The van der Waals surface area contributed by atoms with Crippen LogP contribution < -0.4 is 17.0 Å². The third kappa shape index (κ3) is 3.44. The molecule has 0 spiro atoms. The maximum Gasteiger partial charge on any atom is 0.240 e. The number of amides is 1. The van der Waals surface area contributed by atoms with Gasteiger partial charge < -0.3 is 10.6 Å². The van der Waals surface area contributed by atoms with E-state index in [1.807, 2.05) is 13.8 Å². The van der Waals surface area contributed by atoms with Crippen LogP contribution >= 0.6 is 0 Å². The van der Waals surface area contributed by atoms with Gasteiger partial charge in [0, 0.05) is 12.6 Å². The molecule has 0 aliphatic carbocycles. The largest absolute Gasteiger partial charge is 0.328 e. The van der Waals surface area contributed by atoms with Gasteiger partial charge in [0.2, 0.25) is 5.91 Å². The van der Waals surface area contributed by atoms with Crippen molar-refractivity contribution >= 4 is 5.91 Å². The Hall–Kier alpha value is -0.650. The zero-order valence-corrected chi connectivity index (χ0v) is 9.62. The fourth-order valence-corrected chi connectivity index (χ4v) is 1.94. The van der Waals surface area contributed by atoms with Crippen molar-refractivity contribution in [2.45, 2.75) is 32.7 Å². The summed E-state index contributed by atoms with van der Waals surface area (Å²) >= 11 is 0. The number of nitrogens with one attached hydrogen (secondary N) is 1. The van der Waals surface area contributed by atoms with Gasteiger partial charge in [0.05, 0.1) is 5.41 Å². The molecule has 5 N–H and O–H groups in total. The minimum absolute atomic E-state index is 0.114. The molecular formula is C10H22N4O. The highest BCUT2D eigenvalue weighted by Crippen LogP contribution is 2.19. The smallest absolute Gasteiger partial charge is 0.240 e. The first-order chi connectivity index (χ1) is 6.95. The second-order valence-electron chi connectivity index (χ2n) is 4.97. The van der Waals surface area contributed by atoms with Crippen molar-refractivity contribution in [3.8, 4) is 0 Å². The number of carbonyl (C=O) groups is 1. The van der Waals surface area contributed by atoms with Crippen molar-refractivity contribution < 1.29 is 4.79 Å². The van der Waals surface area contributed by atoms with Crippen LogP contribution in [-0.2, 0) is 4.79 Å². The minimum atomic E-state index is -0.434. The normalized spacial score (nSPS) is 20.3. The van der Waals surface area contributed by atoms with Crippen LogP contribution in [0.5, 0.6) is 0 Å². The Bertz CT molecular complexity index is 221. The van der Waals surface area contributed by atoms with E-state index in [1.165, 1.54) is 0 Å². The van der Waals surface area contributed by atoms with Crippen LogP contribution in [0.15, 0.2) is 0 Å². The number of rotatable bonds is 3. The van der Waals surface area contributed by atoms with Crippen LogP contribution in [0.2, 0.25) is 0 Å². The van der Waals surface area contributed by atoms with Gasteiger partial charge in [-0.3, -0.25) is 10.2 Å². The molecule has 5 nitrogen and oxygen atoms in total. The lowest BCUT2D eigenvalue weighted by atomic mass is 9.90. The first-order valence-electron chi connectivity index (χ1n) is 5.44. The number of nitrogens with two attached hydrogens (primary N) is 2. The van der Waals surface area contributed by atoms with Gasteiger partial charge in [0.25, 0.3) is 0 Å². The molecule has 0 radical (unpaired) electrons. The zero-order chi connectivity index (χ0) is 11.5. The molecule has 1 rings (SSSR count). The average Bonchev–Trinajstić information content (AvgIpc) is 2.20. The summed E-state index contributed by atoms with van der Waals surface area (Å²) in [5.41, 5.74) is 7.60. The van der Waals surface area contributed by atoms with E-state index < -0.39 is 5.41 Å². The maximum atomic E-state index is 11.5. The molecule has 1 saturated heterocycles. The number of carbonyl (C=O) groups excluding carboxylic acids is 1. The van der Waals surface area contributed by atoms with Crippen LogP contribution in [-0.4, -0.2) is 36.5 Å². The summed E-state index contributed by atoms with van der Waals surface area (Å²) in [7, 11) is 0. The Morgan fingerprint density at radius 3 is 2.47 bits per heavy atom. The van der Waals surface area contributed by atoms with Gasteiger partial charge >= 0.3 is 0 Å². The summed E-state index contributed by atoms with van der Waals surface area (Å²) in [5, 5.41) is 0. The van der Waals surface area contributed by atoms with Gasteiger partial charge in [-0.2, -0.15) is 0 Å². The molecule has 0 unspecified atom stereocenters. The van der Waals surface area contributed by atoms with E-state index in [2.05, 4.69) is 10.3 Å². The predicted molar refractivity (Wildman–Crippen MR) is 59.8 cm³/mol. The maximum absolute atomic E-state index is 11.5.